The molecule has 0 aromatic rings. The van der Waals surface area contributed by atoms with Crippen molar-refractivity contribution in [1.29, 1.82) is 0 Å². The third kappa shape index (κ3) is 1.32. The summed E-state index contributed by atoms with van der Waals surface area (Å²) in [5.41, 5.74) is 6.40. The average molecular weight is 205 g/mol. The number of hydrogen-bond acceptors (Lipinski definition) is 1. The highest BCUT2D eigenvalue weighted by Gasteiger charge is 2.65. The van der Waals surface area contributed by atoms with Crippen molar-refractivity contribution in [3.05, 3.63) is 0 Å². The molecule has 4 rings (SSSR count). The quantitative estimate of drug-likeness (QED) is 0.750. The molecule has 0 spiro atoms. The standard InChI is InChI=1S/C14H23N/c15-11(6-3-8-1-2-8)14-12-9-4-5-10(7-9)13(12)14/h8-14H,1-7,15H2. The molecule has 4 fully saturated rings. The van der Waals surface area contributed by atoms with Crippen LogP contribution >= 0.6 is 0 Å². The van der Waals surface area contributed by atoms with Crippen LogP contribution in [-0.2, 0) is 0 Å². The predicted octanol–water partition coefficient (Wildman–Crippen LogP) is 2.80. The third-order valence-corrected chi connectivity index (χ3v) is 5.89. The van der Waals surface area contributed by atoms with Crippen LogP contribution in [0, 0.1) is 35.5 Å². The molecule has 0 saturated heterocycles. The van der Waals surface area contributed by atoms with Crippen LogP contribution in [0.5, 0.6) is 0 Å². The smallest absolute Gasteiger partial charge is 0.00729 e. The Balaban J connectivity index is 1.35. The number of hydrogen-bond donors (Lipinski definition) is 1. The maximum absolute atomic E-state index is 6.40. The molecule has 0 aromatic carbocycles. The topological polar surface area (TPSA) is 26.0 Å². The first-order valence-electron chi connectivity index (χ1n) is 7.10. The monoisotopic (exact) mass is 205 g/mol. The molecule has 84 valence electrons. The van der Waals surface area contributed by atoms with Crippen LogP contribution in [0.1, 0.15) is 44.9 Å². The first kappa shape index (κ1) is 9.04. The highest BCUT2D eigenvalue weighted by atomic mass is 14.8. The van der Waals surface area contributed by atoms with Crippen molar-refractivity contribution in [3.8, 4) is 0 Å². The summed E-state index contributed by atoms with van der Waals surface area (Å²) < 4.78 is 0. The van der Waals surface area contributed by atoms with Crippen molar-refractivity contribution in [2.24, 2.45) is 41.2 Å². The van der Waals surface area contributed by atoms with Crippen LogP contribution in [0.25, 0.3) is 0 Å². The minimum atomic E-state index is 0.573. The summed E-state index contributed by atoms with van der Waals surface area (Å²) in [5, 5.41) is 0. The number of rotatable bonds is 4. The first-order chi connectivity index (χ1) is 7.34. The lowest BCUT2D eigenvalue weighted by Gasteiger charge is -2.15. The van der Waals surface area contributed by atoms with Crippen molar-refractivity contribution in [1.82, 2.24) is 0 Å². The zero-order valence-electron chi connectivity index (χ0n) is 9.57. The zero-order valence-corrected chi connectivity index (χ0v) is 9.57. The van der Waals surface area contributed by atoms with Gasteiger partial charge in [-0.15, -0.1) is 0 Å². The van der Waals surface area contributed by atoms with Gasteiger partial charge in [0.15, 0.2) is 0 Å². The molecule has 0 aromatic heterocycles. The van der Waals surface area contributed by atoms with Crippen molar-refractivity contribution in [2.45, 2.75) is 51.0 Å². The van der Waals surface area contributed by atoms with Crippen LogP contribution in [0.2, 0.25) is 0 Å². The van der Waals surface area contributed by atoms with E-state index in [1.165, 1.54) is 38.5 Å². The second-order valence-electron chi connectivity index (χ2n) is 6.75. The zero-order chi connectivity index (χ0) is 9.99. The van der Waals surface area contributed by atoms with Gasteiger partial charge in [0.2, 0.25) is 0 Å². The normalized spacial score (nSPS) is 53.0. The summed E-state index contributed by atoms with van der Waals surface area (Å²) in [5.74, 6) is 6.45. The molecule has 2 bridgehead atoms. The summed E-state index contributed by atoms with van der Waals surface area (Å²) >= 11 is 0. The van der Waals surface area contributed by atoms with Gasteiger partial charge in [-0.05, 0) is 67.6 Å². The lowest BCUT2D eigenvalue weighted by molar-refractivity contribution is 0.388. The summed E-state index contributed by atoms with van der Waals surface area (Å²) in [6.45, 7) is 0. The maximum Gasteiger partial charge on any atom is 0.00729 e. The molecule has 0 amide bonds. The summed E-state index contributed by atoms with van der Waals surface area (Å²) in [7, 11) is 0. The molecule has 0 aliphatic heterocycles. The summed E-state index contributed by atoms with van der Waals surface area (Å²) in [4.78, 5) is 0. The van der Waals surface area contributed by atoms with Crippen LogP contribution in [0.3, 0.4) is 0 Å². The molecule has 2 N–H and O–H groups in total. The molecule has 1 nitrogen and oxygen atoms in total. The van der Waals surface area contributed by atoms with Crippen LogP contribution < -0.4 is 5.73 Å². The second kappa shape index (κ2) is 3.00. The Bertz CT molecular complexity index is 255. The van der Waals surface area contributed by atoms with Crippen molar-refractivity contribution >= 4 is 0 Å². The molecule has 0 heterocycles. The van der Waals surface area contributed by atoms with E-state index in [2.05, 4.69) is 0 Å². The molecule has 4 aliphatic rings. The van der Waals surface area contributed by atoms with E-state index in [-0.39, 0.29) is 0 Å². The third-order valence-electron chi connectivity index (χ3n) is 5.89. The lowest BCUT2D eigenvalue weighted by atomic mass is 9.95. The van der Waals surface area contributed by atoms with E-state index in [9.17, 15) is 0 Å². The predicted molar refractivity (Wildman–Crippen MR) is 61.2 cm³/mol. The fourth-order valence-electron chi connectivity index (χ4n) is 4.99. The minimum absolute atomic E-state index is 0.573. The van der Waals surface area contributed by atoms with Gasteiger partial charge in [0.25, 0.3) is 0 Å². The minimum Gasteiger partial charge on any atom is -0.327 e. The SMILES string of the molecule is NC(CCC1CC1)C1C2C3CCC(C3)C12. The number of fused-ring (bicyclic) bond motifs is 5. The lowest BCUT2D eigenvalue weighted by Crippen LogP contribution is -2.26. The molecular weight excluding hydrogens is 182 g/mol. The van der Waals surface area contributed by atoms with E-state index in [0.717, 1.165) is 35.5 Å². The highest BCUT2D eigenvalue weighted by molar-refractivity contribution is 5.15. The van der Waals surface area contributed by atoms with Crippen molar-refractivity contribution < 1.29 is 0 Å². The Morgan fingerprint density at radius 2 is 1.67 bits per heavy atom. The van der Waals surface area contributed by atoms with Gasteiger partial charge in [-0.3, -0.25) is 0 Å². The molecular formula is C14H23N. The van der Waals surface area contributed by atoms with Crippen LogP contribution in [-0.4, -0.2) is 6.04 Å². The maximum atomic E-state index is 6.40. The highest BCUT2D eigenvalue weighted by Crippen LogP contribution is 2.70. The average Bonchev–Trinajstić information content (AvgIpc) is 3.14. The van der Waals surface area contributed by atoms with Gasteiger partial charge in [0.1, 0.15) is 0 Å². The van der Waals surface area contributed by atoms with E-state index < -0.39 is 0 Å². The molecule has 0 radical (unpaired) electrons. The Labute approximate surface area is 92.8 Å². The van der Waals surface area contributed by atoms with Gasteiger partial charge in [-0.25, -0.2) is 0 Å². The first-order valence-corrected chi connectivity index (χ1v) is 7.10. The van der Waals surface area contributed by atoms with Gasteiger partial charge in [0, 0.05) is 6.04 Å². The molecule has 4 saturated carbocycles. The van der Waals surface area contributed by atoms with Crippen molar-refractivity contribution in [3.63, 3.8) is 0 Å². The Morgan fingerprint density at radius 1 is 1.00 bits per heavy atom. The van der Waals surface area contributed by atoms with E-state index in [4.69, 9.17) is 5.73 Å². The van der Waals surface area contributed by atoms with E-state index in [1.54, 1.807) is 6.42 Å². The van der Waals surface area contributed by atoms with Crippen molar-refractivity contribution in [2.75, 3.05) is 0 Å². The van der Waals surface area contributed by atoms with Gasteiger partial charge >= 0.3 is 0 Å². The van der Waals surface area contributed by atoms with Gasteiger partial charge in [-0.2, -0.15) is 0 Å². The second-order valence-corrected chi connectivity index (χ2v) is 6.75. The van der Waals surface area contributed by atoms with Gasteiger partial charge < -0.3 is 5.73 Å². The van der Waals surface area contributed by atoms with Crippen LogP contribution in [0.4, 0.5) is 0 Å². The van der Waals surface area contributed by atoms with Crippen LogP contribution in [0.15, 0.2) is 0 Å². The number of nitrogens with two attached hydrogens (primary N) is 1. The fourth-order valence-corrected chi connectivity index (χ4v) is 4.99. The molecule has 15 heavy (non-hydrogen) atoms. The largest absolute Gasteiger partial charge is 0.327 e. The Hall–Kier alpha value is -0.0400. The molecule has 5 atom stereocenters. The Morgan fingerprint density at radius 3 is 2.27 bits per heavy atom. The summed E-state index contributed by atoms with van der Waals surface area (Å²) in [6.07, 6.45) is 10.4. The Kier molecular flexibility index (Phi) is 1.81. The van der Waals surface area contributed by atoms with Gasteiger partial charge in [-0.1, -0.05) is 12.8 Å². The van der Waals surface area contributed by atoms with Gasteiger partial charge in [0.05, 0.1) is 0 Å². The summed E-state index contributed by atoms with van der Waals surface area (Å²) in [6, 6.07) is 0.573. The molecule has 1 heteroatoms. The van der Waals surface area contributed by atoms with E-state index in [0.29, 0.717) is 6.04 Å². The van der Waals surface area contributed by atoms with E-state index >= 15 is 0 Å². The fraction of sp³-hybridized carbons (Fsp3) is 1.00. The molecule has 5 unspecified atom stereocenters. The molecule has 4 aliphatic carbocycles. The van der Waals surface area contributed by atoms with E-state index in [1.807, 2.05) is 0 Å².